The van der Waals surface area contributed by atoms with Crippen molar-refractivity contribution in [3.8, 4) is 0 Å². The molecule has 0 aliphatic heterocycles. The van der Waals surface area contributed by atoms with E-state index in [9.17, 15) is 13.2 Å². The molecule has 0 unspecified atom stereocenters. The quantitative estimate of drug-likeness (QED) is 0.629. The average molecular weight is 203 g/mol. The molecule has 0 aromatic carbocycles. The Labute approximate surface area is 81.0 Å². The highest BCUT2D eigenvalue weighted by Crippen LogP contribution is 2.29. The molecular weight excluding hydrogens is 191 g/mol. The molecule has 0 bridgehead atoms. The van der Waals surface area contributed by atoms with Crippen molar-refractivity contribution in [3.05, 3.63) is 29.6 Å². The number of halogens is 3. The lowest BCUT2D eigenvalue weighted by molar-refractivity contribution is -0.141. The van der Waals surface area contributed by atoms with Gasteiger partial charge < -0.3 is 0 Å². The normalized spacial score (nSPS) is 13.0. The van der Waals surface area contributed by atoms with Crippen LogP contribution in [0.1, 0.15) is 32.0 Å². The molecule has 1 aromatic heterocycles. The molecule has 0 aliphatic rings. The van der Waals surface area contributed by atoms with Crippen LogP contribution in [0.3, 0.4) is 0 Å². The minimum Gasteiger partial charge on any atom is -0.251 e. The van der Waals surface area contributed by atoms with E-state index in [0.29, 0.717) is 0 Å². The lowest BCUT2D eigenvalue weighted by Crippen LogP contribution is -2.14. The third kappa shape index (κ3) is 2.47. The van der Waals surface area contributed by atoms with Crippen molar-refractivity contribution < 1.29 is 13.2 Å². The number of hydrogen-bond donors (Lipinski definition) is 0. The maximum absolute atomic E-state index is 12.2. The van der Waals surface area contributed by atoms with Crippen LogP contribution in [0.15, 0.2) is 18.3 Å². The van der Waals surface area contributed by atoms with Crippen molar-refractivity contribution in [3.63, 3.8) is 0 Å². The molecule has 1 aromatic rings. The molecule has 78 valence electrons. The zero-order chi connectivity index (χ0) is 11.0. The van der Waals surface area contributed by atoms with Crippen molar-refractivity contribution in [2.45, 2.75) is 32.4 Å². The molecule has 0 aliphatic carbocycles. The van der Waals surface area contributed by atoms with Gasteiger partial charge in [0.25, 0.3) is 0 Å². The number of rotatable bonds is 0. The van der Waals surface area contributed by atoms with Gasteiger partial charge >= 0.3 is 6.18 Å². The van der Waals surface area contributed by atoms with E-state index in [-0.39, 0.29) is 5.41 Å². The molecule has 1 rings (SSSR count). The van der Waals surface area contributed by atoms with Crippen molar-refractivity contribution in [2.24, 2.45) is 0 Å². The predicted molar refractivity (Wildman–Crippen MR) is 47.9 cm³/mol. The molecule has 1 heterocycles. The number of hydrogen-bond acceptors (Lipinski definition) is 1. The van der Waals surface area contributed by atoms with Gasteiger partial charge in [0.2, 0.25) is 0 Å². The first-order chi connectivity index (χ1) is 6.21. The first-order valence-electron chi connectivity index (χ1n) is 4.25. The first kappa shape index (κ1) is 11.0. The number of nitrogens with zero attached hydrogens (tertiary/aromatic N) is 1. The Balaban J connectivity index is 3.02. The summed E-state index contributed by atoms with van der Waals surface area (Å²) >= 11 is 0. The van der Waals surface area contributed by atoms with Crippen molar-refractivity contribution >= 4 is 0 Å². The molecule has 1 nitrogen and oxygen atoms in total. The van der Waals surface area contributed by atoms with Crippen LogP contribution in [0.4, 0.5) is 13.2 Å². The first-order valence-corrected chi connectivity index (χ1v) is 4.25. The van der Waals surface area contributed by atoms with Gasteiger partial charge in [0.1, 0.15) is 5.69 Å². The van der Waals surface area contributed by atoms with E-state index in [4.69, 9.17) is 0 Å². The molecule has 0 spiro atoms. The average Bonchev–Trinajstić information content (AvgIpc) is 2.01. The summed E-state index contributed by atoms with van der Waals surface area (Å²) in [5.74, 6) is 0. The van der Waals surface area contributed by atoms with Gasteiger partial charge in [-0.25, -0.2) is 0 Å². The van der Waals surface area contributed by atoms with Crippen LogP contribution < -0.4 is 0 Å². The molecule has 14 heavy (non-hydrogen) atoms. The van der Waals surface area contributed by atoms with Gasteiger partial charge in [0, 0.05) is 6.20 Å². The smallest absolute Gasteiger partial charge is 0.251 e. The fourth-order valence-corrected chi connectivity index (χ4v) is 1.01. The van der Waals surface area contributed by atoms with E-state index in [1.54, 1.807) is 0 Å². The lowest BCUT2D eigenvalue weighted by atomic mass is 9.88. The second-order valence-electron chi connectivity index (χ2n) is 4.18. The van der Waals surface area contributed by atoms with Gasteiger partial charge in [-0.15, -0.1) is 0 Å². The van der Waals surface area contributed by atoms with E-state index >= 15 is 0 Å². The maximum Gasteiger partial charge on any atom is 0.433 e. The van der Waals surface area contributed by atoms with E-state index in [0.717, 1.165) is 11.6 Å². The molecule has 0 radical (unpaired) electrons. The van der Waals surface area contributed by atoms with E-state index in [2.05, 4.69) is 4.98 Å². The molecule has 0 atom stereocenters. The van der Waals surface area contributed by atoms with Gasteiger partial charge in [-0.1, -0.05) is 26.8 Å². The maximum atomic E-state index is 12.2. The number of aromatic nitrogens is 1. The lowest BCUT2D eigenvalue weighted by Gasteiger charge is -2.18. The van der Waals surface area contributed by atoms with Crippen LogP contribution in [0, 0.1) is 0 Å². The number of pyridine rings is 1. The summed E-state index contributed by atoms with van der Waals surface area (Å²) in [5, 5.41) is 0. The van der Waals surface area contributed by atoms with Crippen LogP contribution in [-0.2, 0) is 11.6 Å². The molecule has 4 heteroatoms. The fraction of sp³-hybridized carbons (Fsp3) is 0.500. The molecule has 0 N–H and O–H groups in total. The zero-order valence-corrected chi connectivity index (χ0v) is 8.31. The standard InChI is InChI=1S/C10H12F3N/c1-9(2,3)7-4-5-8(14-6-7)10(11,12)13/h4-6H,1-3H3. The largest absolute Gasteiger partial charge is 0.433 e. The highest BCUT2D eigenvalue weighted by molar-refractivity contribution is 5.22. The minimum atomic E-state index is -4.35. The van der Waals surface area contributed by atoms with Crippen LogP contribution >= 0.6 is 0 Å². The predicted octanol–water partition coefficient (Wildman–Crippen LogP) is 3.40. The summed E-state index contributed by atoms with van der Waals surface area (Å²) in [6, 6.07) is 2.48. The zero-order valence-electron chi connectivity index (χ0n) is 8.31. The minimum absolute atomic E-state index is 0.170. The Morgan fingerprint density at radius 3 is 1.93 bits per heavy atom. The van der Waals surface area contributed by atoms with Gasteiger partial charge in [0.05, 0.1) is 0 Å². The SMILES string of the molecule is CC(C)(C)c1ccc(C(F)(F)F)nc1. The van der Waals surface area contributed by atoms with Crippen molar-refractivity contribution in [1.29, 1.82) is 0 Å². The molecule has 0 fully saturated rings. The molecule has 0 saturated heterocycles. The van der Waals surface area contributed by atoms with Gasteiger partial charge in [-0.05, 0) is 17.0 Å². The molecule has 0 amide bonds. The van der Waals surface area contributed by atoms with Crippen LogP contribution in [0.25, 0.3) is 0 Å². The summed E-state index contributed by atoms with van der Waals surface area (Å²) < 4.78 is 36.5. The van der Waals surface area contributed by atoms with Crippen LogP contribution in [0.5, 0.6) is 0 Å². The Kier molecular flexibility index (Phi) is 2.56. The van der Waals surface area contributed by atoms with Gasteiger partial charge in [-0.2, -0.15) is 13.2 Å². The summed E-state index contributed by atoms with van der Waals surface area (Å²) in [7, 11) is 0. The third-order valence-corrected chi connectivity index (χ3v) is 1.92. The fourth-order valence-electron chi connectivity index (χ4n) is 1.01. The second kappa shape index (κ2) is 3.26. The Hall–Kier alpha value is -1.06. The highest BCUT2D eigenvalue weighted by Gasteiger charge is 2.32. The monoisotopic (exact) mass is 203 g/mol. The summed E-state index contributed by atoms with van der Waals surface area (Å²) in [4.78, 5) is 3.39. The van der Waals surface area contributed by atoms with Crippen LogP contribution in [-0.4, -0.2) is 4.98 Å². The Bertz CT molecular complexity index is 273. The summed E-state index contributed by atoms with van der Waals surface area (Å²) in [5.41, 5.74) is -0.215. The van der Waals surface area contributed by atoms with Crippen LogP contribution in [0.2, 0.25) is 0 Å². The van der Waals surface area contributed by atoms with Gasteiger partial charge in [-0.3, -0.25) is 4.98 Å². The van der Waals surface area contributed by atoms with E-state index in [1.165, 1.54) is 12.3 Å². The Morgan fingerprint density at radius 2 is 1.64 bits per heavy atom. The van der Waals surface area contributed by atoms with Gasteiger partial charge in [0.15, 0.2) is 0 Å². The molecular formula is C10H12F3N. The Morgan fingerprint density at radius 1 is 1.07 bits per heavy atom. The van der Waals surface area contributed by atoms with E-state index in [1.807, 2.05) is 20.8 Å². The summed E-state index contributed by atoms with van der Waals surface area (Å²) in [6.07, 6.45) is -3.07. The third-order valence-electron chi connectivity index (χ3n) is 1.92. The van der Waals surface area contributed by atoms with Crippen molar-refractivity contribution in [2.75, 3.05) is 0 Å². The molecule has 0 saturated carbocycles. The number of alkyl halides is 3. The second-order valence-corrected chi connectivity index (χ2v) is 4.18. The highest BCUT2D eigenvalue weighted by atomic mass is 19.4. The van der Waals surface area contributed by atoms with Crippen molar-refractivity contribution in [1.82, 2.24) is 4.98 Å². The van der Waals surface area contributed by atoms with E-state index < -0.39 is 11.9 Å². The topological polar surface area (TPSA) is 12.9 Å². The summed E-state index contributed by atoms with van der Waals surface area (Å²) in [6.45, 7) is 5.78.